The predicted octanol–water partition coefficient (Wildman–Crippen LogP) is 4.77. The molecule has 0 unspecified atom stereocenters. The topological polar surface area (TPSA) is 78.8 Å². The molecule has 2 aromatic rings. The lowest BCUT2D eigenvalue weighted by Gasteiger charge is -2.40. The number of nitrogens with one attached hydrogen (secondary N) is 1. The smallest absolute Gasteiger partial charge is 0.310 e. The first-order chi connectivity index (χ1) is 14.2. The molecule has 0 saturated heterocycles. The quantitative estimate of drug-likeness (QED) is 0.407. The van der Waals surface area contributed by atoms with E-state index in [-0.39, 0.29) is 24.5 Å². The second-order valence-electron chi connectivity index (χ2n) is 7.02. The van der Waals surface area contributed by atoms with E-state index in [0.717, 1.165) is 18.2 Å². The maximum Gasteiger partial charge on any atom is 0.310 e. The minimum absolute atomic E-state index is 0.0684. The van der Waals surface area contributed by atoms with E-state index in [0.29, 0.717) is 40.8 Å². The van der Waals surface area contributed by atoms with E-state index in [1.165, 1.54) is 6.07 Å². The fraction of sp³-hybridized carbons (Fsp3) is 0.250. The summed E-state index contributed by atoms with van der Waals surface area (Å²) >= 11 is 0. The molecule has 31 heavy (non-hydrogen) atoms. The SMILES string of the molecule is C=CC(=O)NCc1cc(-c2ccc(S(F)(F)(F)(F)F)cc2)c2c(c1[C@@H](O)CO)CCO2. The molecule has 3 rings (SSSR count). The molecule has 5 nitrogen and oxygen atoms in total. The van der Waals surface area contributed by atoms with Crippen LogP contribution in [0.1, 0.15) is 22.8 Å². The van der Waals surface area contributed by atoms with Crippen LogP contribution in [0.3, 0.4) is 0 Å². The van der Waals surface area contributed by atoms with Gasteiger partial charge in [0, 0.05) is 24.1 Å². The van der Waals surface area contributed by atoms with Gasteiger partial charge in [0.25, 0.3) is 0 Å². The maximum atomic E-state index is 13.0. The number of carbonyl (C=O) groups excluding carboxylic acids is 1. The van der Waals surface area contributed by atoms with Crippen LogP contribution in [-0.4, -0.2) is 29.3 Å². The Labute approximate surface area is 174 Å². The summed E-state index contributed by atoms with van der Waals surface area (Å²) in [5.74, 6) is -0.218. The van der Waals surface area contributed by atoms with Crippen LogP contribution < -0.4 is 10.1 Å². The summed E-state index contributed by atoms with van der Waals surface area (Å²) < 4.78 is 70.8. The molecule has 0 bridgehead atoms. The van der Waals surface area contributed by atoms with Crippen LogP contribution in [0.4, 0.5) is 19.4 Å². The van der Waals surface area contributed by atoms with Gasteiger partial charge in [0.05, 0.1) is 13.2 Å². The number of aliphatic hydroxyl groups excluding tert-OH is 2. The van der Waals surface area contributed by atoms with Crippen LogP contribution in [0.25, 0.3) is 11.1 Å². The number of amides is 1. The molecule has 0 saturated carbocycles. The van der Waals surface area contributed by atoms with Gasteiger partial charge in [-0.15, -0.1) is 0 Å². The van der Waals surface area contributed by atoms with Gasteiger partial charge in [-0.05, 0) is 41.0 Å². The molecule has 0 fully saturated rings. The van der Waals surface area contributed by atoms with Crippen molar-refractivity contribution in [1.29, 1.82) is 0 Å². The first-order valence-corrected chi connectivity index (χ1v) is 11.1. The van der Waals surface area contributed by atoms with Crippen molar-refractivity contribution in [3.63, 3.8) is 0 Å². The minimum Gasteiger partial charge on any atom is -0.492 e. The first-order valence-electron chi connectivity index (χ1n) is 9.10. The highest BCUT2D eigenvalue weighted by Crippen LogP contribution is 3.02. The van der Waals surface area contributed by atoms with E-state index in [1.54, 1.807) is 0 Å². The third-order valence-electron chi connectivity index (χ3n) is 4.86. The molecule has 0 aromatic heterocycles. The Balaban J connectivity index is 2.14. The Morgan fingerprint density at radius 1 is 1.23 bits per heavy atom. The lowest BCUT2D eigenvalue weighted by Crippen LogP contribution is -2.22. The lowest BCUT2D eigenvalue weighted by atomic mass is 9.89. The van der Waals surface area contributed by atoms with E-state index in [4.69, 9.17) is 4.74 Å². The van der Waals surface area contributed by atoms with E-state index in [9.17, 15) is 34.4 Å². The third kappa shape index (κ3) is 4.83. The molecule has 170 valence electrons. The van der Waals surface area contributed by atoms with E-state index in [1.807, 2.05) is 0 Å². The second kappa shape index (κ2) is 7.21. The molecule has 1 amide bonds. The Kier molecular flexibility index (Phi) is 5.36. The van der Waals surface area contributed by atoms with Gasteiger partial charge < -0.3 is 20.3 Å². The van der Waals surface area contributed by atoms with Gasteiger partial charge in [0.1, 0.15) is 16.7 Å². The summed E-state index contributed by atoms with van der Waals surface area (Å²) in [6.07, 6.45) is 0.107. The molecule has 1 heterocycles. The number of aliphatic hydroxyl groups is 2. The Hall–Kier alpha value is -2.63. The summed E-state index contributed by atoms with van der Waals surface area (Å²) in [6.45, 7) is 2.89. The zero-order valence-corrected chi connectivity index (χ0v) is 16.9. The molecule has 0 spiro atoms. The number of benzene rings is 2. The normalized spacial score (nSPS) is 16.5. The summed E-state index contributed by atoms with van der Waals surface area (Å²) in [4.78, 5) is 9.57. The van der Waals surface area contributed by atoms with Gasteiger partial charge in [-0.1, -0.05) is 38.1 Å². The van der Waals surface area contributed by atoms with Gasteiger partial charge in [-0.3, -0.25) is 4.79 Å². The van der Waals surface area contributed by atoms with Gasteiger partial charge in [0.2, 0.25) is 5.91 Å². The first kappa shape index (κ1) is 23.0. The number of carbonyl (C=O) groups is 1. The summed E-state index contributed by atoms with van der Waals surface area (Å²) in [6, 6.07) is 3.94. The molecular formula is C20H20F5NO4S. The summed E-state index contributed by atoms with van der Waals surface area (Å²) in [7, 11) is -9.81. The lowest BCUT2D eigenvalue weighted by molar-refractivity contribution is -0.116. The molecule has 1 atom stereocenters. The zero-order chi connectivity index (χ0) is 23.1. The Morgan fingerprint density at radius 2 is 1.87 bits per heavy atom. The number of hydrogen-bond donors (Lipinski definition) is 3. The van der Waals surface area contributed by atoms with Crippen molar-refractivity contribution < 1.29 is 39.2 Å². The Morgan fingerprint density at radius 3 is 2.42 bits per heavy atom. The van der Waals surface area contributed by atoms with Gasteiger partial charge >= 0.3 is 10.2 Å². The molecule has 3 N–H and O–H groups in total. The summed E-state index contributed by atoms with van der Waals surface area (Å²) in [5.41, 5.74) is 1.77. The number of hydrogen-bond acceptors (Lipinski definition) is 4. The highest BCUT2D eigenvalue weighted by atomic mass is 32.5. The van der Waals surface area contributed by atoms with E-state index in [2.05, 4.69) is 11.9 Å². The van der Waals surface area contributed by atoms with Crippen LogP contribution >= 0.6 is 10.2 Å². The van der Waals surface area contributed by atoms with Gasteiger partial charge in [-0.25, -0.2) is 0 Å². The van der Waals surface area contributed by atoms with Crippen LogP contribution in [0.2, 0.25) is 0 Å². The average Bonchev–Trinajstić information content (AvgIpc) is 3.18. The Bertz CT molecular complexity index is 1040. The fourth-order valence-electron chi connectivity index (χ4n) is 3.48. The molecular weight excluding hydrogens is 445 g/mol. The van der Waals surface area contributed by atoms with Crippen molar-refractivity contribution in [3.05, 3.63) is 59.7 Å². The predicted molar refractivity (Wildman–Crippen MR) is 107 cm³/mol. The largest absolute Gasteiger partial charge is 0.492 e. The van der Waals surface area contributed by atoms with Gasteiger partial charge in [-0.2, -0.15) is 0 Å². The van der Waals surface area contributed by atoms with Gasteiger partial charge in [0.15, 0.2) is 0 Å². The van der Waals surface area contributed by atoms with Crippen molar-refractivity contribution in [2.45, 2.75) is 24.0 Å². The van der Waals surface area contributed by atoms with Crippen LogP contribution in [0.15, 0.2) is 47.9 Å². The average molecular weight is 465 g/mol. The number of halogens is 5. The molecule has 11 heteroatoms. The highest BCUT2D eigenvalue weighted by Gasteiger charge is 2.65. The number of ether oxygens (including phenoxy) is 1. The maximum absolute atomic E-state index is 13.0. The minimum atomic E-state index is -9.81. The molecule has 1 aliphatic rings. The molecule has 0 radical (unpaired) electrons. The molecule has 1 aliphatic heterocycles. The molecule has 2 aromatic carbocycles. The van der Waals surface area contributed by atoms with Crippen molar-refractivity contribution >= 4 is 16.1 Å². The van der Waals surface area contributed by atoms with Crippen LogP contribution in [0, 0.1) is 0 Å². The monoisotopic (exact) mass is 465 g/mol. The highest BCUT2D eigenvalue weighted by molar-refractivity contribution is 8.45. The second-order valence-corrected chi connectivity index (χ2v) is 9.43. The van der Waals surface area contributed by atoms with Crippen molar-refractivity contribution in [2.24, 2.45) is 0 Å². The number of fused-ring (bicyclic) bond motifs is 1. The summed E-state index contributed by atoms with van der Waals surface area (Å²) in [5, 5.41) is 22.3. The van der Waals surface area contributed by atoms with E-state index < -0.39 is 33.7 Å². The number of rotatable bonds is 7. The van der Waals surface area contributed by atoms with Crippen molar-refractivity contribution in [1.82, 2.24) is 5.32 Å². The van der Waals surface area contributed by atoms with Crippen LogP contribution in [-0.2, 0) is 17.8 Å². The molecule has 0 aliphatic carbocycles. The standard InChI is InChI=1S/C20H20F5NO4S/c1-2-18(29)26-10-13-9-16(20-15(7-8-30-20)19(13)17(28)11-27)12-3-5-14(6-4-12)31(21,22,23,24)25/h2-6,9,17,27-28H,1,7-8,10-11H2,(H,26,29)/t17-/m0/s1. The third-order valence-corrected chi connectivity index (χ3v) is 6.03. The fourth-order valence-corrected chi connectivity index (χ4v) is 4.13. The van der Waals surface area contributed by atoms with Crippen LogP contribution in [0.5, 0.6) is 5.75 Å². The van der Waals surface area contributed by atoms with E-state index >= 15 is 0 Å². The zero-order valence-electron chi connectivity index (χ0n) is 16.1. The van der Waals surface area contributed by atoms with Crippen molar-refractivity contribution in [3.8, 4) is 16.9 Å². The van der Waals surface area contributed by atoms with Crippen molar-refractivity contribution in [2.75, 3.05) is 13.2 Å².